The quantitative estimate of drug-likeness (QED) is 0.557. The topological polar surface area (TPSA) is 29.9 Å². The Kier molecular flexibility index (Phi) is 2.69. The van der Waals surface area contributed by atoms with Crippen molar-refractivity contribution >= 4 is 21.7 Å². The molecule has 2 aliphatic rings. The van der Waals surface area contributed by atoms with Crippen molar-refractivity contribution in [3.63, 3.8) is 0 Å². The fourth-order valence-corrected chi connectivity index (χ4v) is 4.86. The van der Waals surface area contributed by atoms with E-state index in [0.29, 0.717) is 12.1 Å². The Morgan fingerprint density at radius 3 is 2.96 bits per heavy atom. The summed E-state index contributed by atoms with van der Waals surface area (Å²) in [5.74, 6) is 0. The molecule has 0 saturated carbocycles. The van der Waals surface area contributed by atoms with Crippen molar-refractivity contribution in [1.29, 1.82) is 0 Å². The monoisotopic (exact) mass is 325 g/mol. The Balaban J connectivity index is 1.68. The number of nitrogens with one attached hydrogen (secondary N) is 1. The summed E-state index contributed by atoms with van der Waals surface area (Å²) >= 11 is 0. The second-order valence-corrected chi connectivity index (χ2v) is 7.32. The van der Waals surface area contributed by atoms with Gasteiger partial charge in [0.1, 0.15) is 0 Å². The van der Waals surface area contributed by atoms with Crippen molar-refractivity contribution in [1.82, 2.24) is 14.9 Å². The molecule has 1 saturated heterocycles. The highest BCUT2D eigenvalue weighted by Gasteiger charge is 2.36. The molecule has 2 aliphatic heterocycles. The summed E-state index contributed by atoms with van der Waals surface area (Å²) in [7, 11) is 0. The lowest BCUT2D eigenvalue weighted by molar-refractivity contribution is 0.508. The van der Waals surface area contributed by atoms with Crippen molar-refractivity contribution in [3.05, 3.63) is 72.2 Å². The normalized spacial score (nSPS) is 21.8. The summed E-state index contributed by atoms with van der Waals surface area (Å²) in [6, 6.07) is 18.8. The van der Waals surface area contributed by atoms with Crippen LogP contribution in [0.3, 0.4) is 0 Å². The predicted octanol–water partition coefficient (Wildman–Crippen LogP) is 4.53. The van der Waals surface area contributed by atoms with Crippen molar-refractivity contribution in [2.24, 2.45) is 0 Å². The minimum Gasteiger partial charge on any atom is -0.313 e. The summed E-state index contributed by atoms with van der Waals surface area (Å²) in [6.45, 7) is 0. The van der Waals surface area contributed by atoms with Gasteiger partial charge in [-0.15, -0.1) is 0 Å². The highest BCUT2D eigenvalue weighted by molar-refractivity contribution is 5.90. The molecule has 2 bridgehead atoms. The van der Waals surface area contributed by atoms with Crippen LogP contribution in [0.15, 0.2) is 60.9 Å². The number of para-hydroxylation sites is 1. The Hall–Kier alpha value is -2.65. The number of fused-ring (bicyclic) bond motifs is 7. The maximum absolute atomic E-state index is 4.30. The van der Waals surface area contributed by atoms with Gasteiger partial charge in [-0.3, -0.25) is 4.98 Å². The first-order valence-electron chi connectivity index (χ1n) is 9.11. The van der Waals surface area contributed by atoms with Crippen LogP contribution < -0.4 is 5.32 Å². The smallest absolute Gasteiger partial charge is 0.0534 e. The van der Waals surface area contributed by atoms with Crippen molar-refractivity contribution in [3.8, 4) is 5.69 Å². The van der Waals surface area contributed by atoms with Crippen LogP contribution in [0, 0.1) is 0 Å². The molecule has 1 fully saturated rings. The van der Waals surface area contributed by atoms with E-state index in [9.17, 15) is 0 Å². The van der Waals surface area contributed by atoms with Gasteiger partial charge in [-0.2, -0.15) is 0 Å². The Morgan fingerprint density at radius 2 is 1.96 bits per heavy atom. The van der Waals surface area contributed by atoms with Gasteiger partial charge in [0, 0.05) is 53.1 Å². The Morgan fingerprint density at radius 1 is 1.00 bits per heavy atom. The maximum atomic E-state index is 4.30. The van der Waals surface area contributed by atoms with Gasteiger partial charge >= 0.3 is 0 Å². The molecule has 122 valence electrons. The van der Waals surface area contributed by atoms with Crippen LogP contribution in [-0.2, 0) is 6.42 Å². The molecule has 0 aliphatic carbocycles. The SMILES string of the molecule is c1ccc2c(c1)c1c(n2-c2ccc3ccncc3c2)C[C@H]2CC[C@@H]1N2. The largest absolute Gasteiger partial charge is 0.313 e. The lowest BCUT2D eigenvalue weighted by Crippen LogP contribution is -2.32. The summed E-state index contributed by atoms with van der Waals surface area (Å²) < 4.78 is 2.49. The van der Waals surface area contributed by atoms with Crippen LogP contribution in [0.25, 0.3) is 27.4 Å². The molecule has 1 N–H and O–H groups in total. The molecular formula is C22H19N3. The molecule has 2 aromatic heterocycles. The minimum atomic E-state index is 0.516. The second-order valence-electron chi connectivity index (χ2n) is 7.32. The number of aromatic nitrogens is 2. The Bertz CT molecular complexity index is 1120. The van der Waals surface area contributed by atoms with Gasteiger partial charge in [0.2, 0.25) is 0 Å². The molecule has 4 aromatic rings. The number of rotatable bonds is 1. The van der Waals surface area contributed by atoms with Crippen LogP contribution in [-0.4, -0.2) is 15.6 Å². The van der Waals surface area contributed by atoms with Gasteiger partial charge in [-0.05, 0) is 48.1 Å². The number of hydrogen-bond acceptors (Lipinski definition) is 2. The number of hydrogen-bond donors (Lipinski definition) is 1. The molecule has 25 heavy (non-hydrogen) atoms. The zero-order valence-electron chi connectivity index (χ0n) is 13.9. The van der Waals surface area contributed by atoms with Gasteiger partial charge in [0.05, 0.1) is 5.52 Å². The van der Waals surface area contributed by atoms with Gasteiger partial charge in [0.25, 0.3) is 0 Å². The third-order valence-corrected chi connectivity index (χ3v) is 5.93. The molecule has 4 heterocycles. The zero-order valence-corrected chi connectivity index (χ0v) is 13.9. The first-order valence-corrected chi connectivity index (χ1v) is 9.11. The molecule has 3 heteroatoms. The van der Waals surface area contributed by atoms with E-state index in [4.69, 9.17) is 0 Å². The summed E-state index contributed by atoms with van der Waals surface area (Å²) in [6.07, 6.45) is 7.48. The van der Waals surface area contributed by atoms with E-state index in [1.165, 1.54) is 51.5 Å². The predicted molar refractivity (Wildman–Crippen MR) is 101 cm³/mol. The van der Waals surface area contributed by atoms with Crippen molar-refractivity contribution in [2.45, 2.75) is 31.3 Å². The van der Waals surface area contributed by atoms with Crippen LogP contribution in [0.2, 0.25) is 0 Å². The van der Waals surface area contributed by atoms with E-state index >= 15 is 0 Å². The first-order chi connectivity index (χ1) is 12.4. The highest BCUT2D eigenvalue weighted by atomic mass is 15.1. The van der Waals surface area contributed by atoms with Gasteiger partial charge in [-0.25, -0.2) is 0 Å². The third-order valence-electron chi connectivity index (χ3n) is 5.93. The van der Waals surface area contributed by atoms with E-state index in [1.54, 1.807) is 0 Å². The number of nitrogens with zero attached hydrogens (tertiary/aromatic N) is 2. The van der Waals surface area contributed by atoms with Crippen LogP contribution in [0.1, 0.15) is 30.1 Å². The molecular weight excluding hydrogens is 306 g/mol. The number of benzene rings is 2. The molecule has 0 amide bonds. The van der Waals surface area contributed by atoms with Crippen LogP contribution in [0.4, 0.5) is 0 Å². The molecule has 3 nitrogen and oxygen atoms in total. The maximum Gasteiger partial charge on any atom is 0.0534 e. The first kappa shape index (κ1) is 13.6. The van der Waals surface area contributed by atoms with Gasteiger partial charge < -0.3 is 9.88 Å². The van der Waals surface area contributed by atoms with Gasteiger partial charge in [-0.1, -0.05) is 24.3 Å². The average Bonchev–Trinajstić information content (AvgIpc) is 3.20. The lowest BCUT2D eigenvalue weighted by atomic mass is 9.99. The van der Waals surface area contributed by atoms with Gasteiger partial charge in [0.15, 0.2) is 0 Å². The summed E-state index contributed by atoms with van der Waals surface area (Å²) in [4.78, 5) is 4.30. The van der Waals surface area contributed by atoms with Crippen LogP contribution in [0.5, 0.6) is 0 Å². The third kappa shape index (κ3) is 1.87. The second kappa shape index (κ2) is 4.93. The highest BCUT2D eigenvalue weighted by Crippen LogP contribution is 2.43. The zero-order chi connectivity index (χ0) is 16.4. The van der Waals surface area contributed by atoms with E-state index in [2.05, 4.69) is 63.4 Å². The average molecular weight is 325 g/mol. The van der Waals surface area contributed by atoms with E-state index in [-0.39, 0.29) is 0 Å². The molecule has 2 aromatic carbocycles. The number of pyridine rings is 1. The molecule has 6 rings (SSSR count). The Labute approximate surface area is 146 Å². The summed E-state index contributed by atoms with van der Waals surface area (Å²) in [5.41, 5.74) is 5.59. The molecule has 0 spiro atoms. The fraction of sp³-hybridized carbons (Fsp3) is 0.227. The standard InChI is InChI=1S/C22H19N3/c1-2-4-20-18(3-1)22-19-8-6-16(24-19)12-21(22)25(20)17-7-5-14-9-10-23-13-15(14)11-17/h1-5,7,9-11,13,16,19,24H,6,8,12H2/t16-,19+/m1/s1. The molecule has 0 radical (unpaired) electrons. The van der Waals surface area contributed by atoms with E-state index in [0.717, 1.165) is 6.42 Å². The minimum absolute atomic E-state index is 0.516. The molecule has 0 unspecified atom stereocenters. The van der Waals surface area contributed by atoms with Crippen molar-refractivity contribution in [2.75, 3.05) is 0 Å². The van der Waals surface area contributed by atoms with E-state index in [1.807, 2.05) is 12.4 Å². The summed E-state index contributed by atoms with van der Waals surface area (Å²) in [5, 5.41) is 7.65. The fourth-order valence-electron chi connectivity index (χ4n) is 4.86. The van der Waals surface area contributed by atoms with Crippen molar-refractivity contribution < 1.29 is 0 Å². The van der Waals surface area contributed by atoms with Crippen LogP contribution >= 0.6 is 0 Å². The molecule has 2 atom stereocenters. The van der Waals surface area contributed by atoms with E-state index < -0.39 is 0 Å². The lowest BCUT2D eigenvalue weighted by Gasteiger charge is -2.24.